The highest BCUT2D eigenvalue weighted by Crippen LogP contribution is 2.43. The molecule has 0 N–H and O–H groups in total. The van der Waals surface area contributed by atoms with Crippen LogP contribution in [0.4, 0.5) is 0 Å². The van der Waals surface area contributed by atoms with Gasteiger partial charge in [0.2, 0.25) is 0 Å². The Morgan fingerprint density at radius 3 is 1.18 bits per heavy atom. The standard InChI is InChI=1S/C54H35N3/c1-3-16-36(17-4-1)40-24-15-25-41(37-18-5-2-6-19-37)54(40)57-51-29-14-9-22-44(51)46-32-30-39(35-53(46)57)56-50-28-13-10-23-45(50)47-34-38(31-33-52(47)56)55-48-26-11-7-20-42(48)43-21-8-12-27-49(43)55/h1-35H/i1D,2D,3D,4D,5D,6D,7D,8D,9D,10D,11D,12D,13D,14D,15D,16D,17D,18D,19D,20D,21D,22D,23D,24D,25D,26D,27D,28D,29D,30D,31D,32D,33D,34D,35D. The molecule has 57 heavy (non-hydrogen) atoms. The van der Waals surface area contributed by atoms with Gasteiger partial charge in [-0.1, -0.05) is 157 Å². The van der Waals surface area contributed by atoms with E-state index in [-0.39, 0.29) is 0 Å². The highest BCUT2D eigenvalue weighted by atomic mass is 15.0. The van der Waals surface area contributed by atoms with Crippen LogP contribution in [0.1, 0.15) is 48.0 Å². The molecule has 0 amide bonds. The van der Waals surface area contributed by atoms with Crippen molar-refractivity contribution in [3.8, 4) is 39.3 Å². The second-order valence-corrected chi connectivity index (χ2v) is 12.3. The lowest BCUT2D eigenvalue weighted by Gasteiger charge is -2.19. The molecule has 12 aromatic rings. The average molecular weight is 761 g/mol. The Morgan fingerprint density at radius 2 is 0.649 bits per heavy atom. The van der Waals surface area contributed by atoms with E-state index in [1.54, 1.807) is 0 Å². The zero-order chi connectivity index (χ0) is 67.9. The van der Waals surface area contributed by atoms with E-state index in [9.17, 15) is 23.3 Å². The molecule has 0 saturated carbocycles. The van der Waals surface area contributed by atoms with Crippen molar-refractivity contribution in [2.75, 3.05) is 0 Å². The van der Waals surface area contributed by atoms with Gasteiger partial charge in [0.05, 0.1) is 86.8 Å². The van der Waals surface area contributed by atoms with E-state index in [1.165, 1.54) is 0 Å². The van der Waals surface area contributed by atoms with Crippen molar-refractivity contribution in [2.45, 2.75) is 0 Å². The fraction of sp³-hybridized carbons (Fsp3) is 0. The Hall–Kier alpha value is -7.62. The van der Waals surface area contributed by atoms with Crippen LogP contribution in [0.15, 0.2) is 211 Å². The van der Waals surface area contributed by atoms with Crippen molar-refractivity contribution >= 4 is 65.4 Å². The molecule has 3 heteroatoms. The minimum absolute atomic E-state index is 0.532. The molecule has 0 unspecified atom stereocenters. The Kier molecular flexibility index (Phi) is 2.78. The van der Waals surface area contributed by atoms with Crippen LogP contribution in [0, 0.1) is 0 Å². The third-order valence-corrected chi connectivity index (χ3v) is 9.34. The molecule has 0 aliphatic rings. The van der Waals surface area contributed by atoms with Gasteiger partial charge in [-0.05, 0) is 65.5 Å². The molecule has 266 valence electrons. The summed E-state index contributed by atoms with van der Waals surface area (Å²) in [6.07, 6.45) is 0. The van der Waals surface area contributed by atoms with Crippen molar-refractivity contribution in [1.82, 2.24) is 13.7 Å². The van der Waals surface area contributed by atoms with E-state index >= 15 is 0 Å². The quantitative estimate of drug-likeness (QED) is 0.166. The van der Waals surface area contributed by atoms with Gasteiger partial charge in [0.1, 0.15) is 0 Å². The molecule has 3 nitrogen and oxygen atoms in total. The molecule has 0 bridgehead atoms. The summed E-state index contributed by atoms with van der Waals surface area (Å²) < 4.78 is 324. The SMILES string of the molecule is [2H]c1c([2H])c([2H])c(-c2c([2H])c([2H])c([2H])c(-c3c([2H])c([2H])c([2H])c([2H])c3[2H])c2-n2c3c([2H])c([2H])c([2H])c([2H])c3c3c([2H])c([2H])c(-n4c5c([2H])c([2H])c([2H])c([2H])c5c5c([2H])c(-n6c7c([2H])c([2H])c([2H])c([2H])c7c7c([2H])c([2H])c([2H])c([2H])c76)c([2H])c([2H])c54)c([2H])c32)c([2H])c1[2H]. The molecule has 0 atom stereocenters. The number of fused-ring (bicyclic) bond motifs is 9. The number of nitrogens with zero attached hydrogens (tertiary/aromatic N) is 3. The van der Waals surface area contributed by atoms with Crippen molar-refractivity contribution in [1.29, 1.82) is 0 Å². The van der Waals surface area contributed by atoms with E-state index in [4.69, 9.17) is 24.7 Å². The monoisotopic (exact) mass is 761 g/mol. The van der Waals surface area contributed by atoms with Crippen LogP contribution in [0.25, 0.3) is 105 Å². The molecule has 0 aliphatic carbocycles. The molecule has 0 spiro atoms. The minimum Gasteiger partial charge on any atom is -0.309 e. The maximum Gasteiger partial charge on any atom is 0.0667 e. The minimum atomic E-state index is -1.23. The molecular formula is C54H35N3. The Balaban J connectivity index is 1.39. The van der Waals surface area contributed by atoms with Gasteiger partial charge in [0, 0.05) is 54.8 Å². The number of hydrogen-bond acceptors (Lipinski definition) is 0. The summed E-state index contributed by atoms with van der Waals surface area (Å²) in [6, 6.07) is -36.9. The average Bonchev–Trinajstić information content (AvgIpc) is 1.50. The van der Waals surface area contributed by atoms with E-state index in [1.807, 2.05) is 0 Å². The van der Waals surface area contributed by atoms with Gasteiger partial charge >= 0.3 is 0 Å². The largest absolute Gasteiger partial charge is 0.309 e. The first-order valence-corrected chi connectivity index (χ1v) is 16.8. The van der Waals surface area contributed by atoms with Crippen LogP contribution in [0.5, 0.6) is 0 Å². The van der Waals surface area contributed by atoms with Gasteiger partial charge in [-0.25, -0.2) is 0 Å². The van der Waals surface area contributed by atoms with Gasteiger partial charge in [-0.2, -0.15) is 0 Å². The summed E-state index contributed by atoms with van der Waals surface area (Å²) in [7, 11) is 0. The van der Waals surface area contributed by atoms with Crippen LogP contribution in [-0.2, 0) is 0 Å². The lowest BCUT2D eigenvalue weighted by Crippen LogP contribution is -2.01. The van der Waals surface area contributed by atoms with Gasteiger partial charge in [-0.15, -0.1) is 0 Å². The van der Waals surface area contributed by atoms with Gasteiger partial charge < -0.3 is 13.7 Å². The Morgan fingerprint density at radius 1 is 0.263 bits per heavy atom. The molecule has 0 aliphatic heterocycles. The summed E-state index contributed by atoms with van der Waals surface area (Å²) >= 11 is 0. The van der Waals surface area contributed by atoms with Crippen molar-refractivity contribution in [2.24, 2.45) is 0 Å². The van der Waals surface area contributed by atoms with Gasteiger partial charge in [0.25, 0.3) is 0 Å². The Labute approximate surface area is 378 Å². The smallest absolute Gasteiger partial charge is 0.0667 e. The summed E-state index contributed by atoms with van der Waals surface area (Å²) in [5, 5.41) is -4.14. The van der Waals surface area contributed by atoms with E-state index in [2.05, 4.69) is 0 Å². The van der Waals surface area contributed by atoms with E-state index < -0.39 is 316 Å². The molecule has 3 aromatic heterocycles. The first-order chi connectivity index (χ1) is 42.9. The third-order valence-electron chi connectivity index (χ3n) is 9.34. The maximum atomic E-state index is 10.5. The number of hydrogen-bond donors (Lipinski definition) is 0. The maximum absolute atomic E-state index is 10.5. The molecule has 12 rings (SSSR count). The molecule has 0 fully saturated rings. The van der Waals surface area contributed by atoms with Crippen molar-refractivity contribution < 1.29 is 48.0 Å². The molecule has 9 aromatic carbocycles. The summed E-state index contributed by atoms with van der Waals surface area (Å²) in [6.45, 7) is 0. The van der Waals surface area contributed by atoms with Crippen molar-refractivity contribution in [3.63, 3.8) is 0 Å². The lowest BCUT2D eigenvalue weighted by atomic mass is 9.95. The van der Waals surface area contributed by atoms with E-state index in [0.717, 1.165) is 4.57 Å². The zero-order valence-electron chi connectivity index (χ0n) is 63.3. The van der Waals surface area contributed by atoms with Crippen LogP contribution in [0.3, 0.4) is 0 Å². The number of para-hydroxylation sites is 5. The molecular weight excluding hydrogens is 691 g/mol. The second kappa shape index (κ2) is 12.5. The predicted octanol–water partition coefficient (Wildman–Crippen LogP) is 14.3. The highest BCUT2D eigenvalue weighted by Gasteiger charge is 2.22. The van der Waals surface area contributed by atoms with Crippen LogP contribution in [0.2, 0.25) is 0 Å². The zero-order valence-corrected chi connectivity index (χ0v) is 28.3. The molecule has 0 saturated heterocycles. The highest BCUT2D eigenvalue weighted by molar-refractivity contribution is 6.14. The number of benzene rings is 9. The predicted molar refractivity (Wildman–Crippen MR) is 240 cm³/mol. The van der Waals surface area contributed by atoms with Gasteiger partial charge in [-0.3, -0.25) is 0 Å². The number of aromatic nitrogens is 3. The topological polar surface area (TPSA) is 14.8 Å². The normalized spacial score (nSPS) is 20.5. The lowest BCUT2D eigenvalue weighted by molar-refractivity contribution is 1.15. The fourth-order valence-corrected chi connectivity index (χ4v) is 7.06. The summed E-state index contributed by atoms with van der Waals surface area (Å²) in [4.78, 5) is 0. The second-order valence-electron chi connectivity index (χ2n) is 12.3. The van der Waals surface area contributed by atoms with Crippen LogP contribution >= 0.6 is 0 Å². The summed E-state index contributed by atoms with van der Waals surface area (Å²) in [5.41, 5.74) is -11.9. The van der Waals surface area contributed by atoms with Crippen molar-refractivity contribution in [3.05, 3.63) is 211 Å². The third kappa shape index (κ3) is 4.73. The van der Waals surface area contributed by atoms with Gasteiger partial charge in [0.15, 0.2) is 0 Å². The Bertz CT molecular complexity index is 5350. The molecule has 0 radical (unpaired) electrons. The van der Waals surface area contributed by atoms with Crippen LogP contribution < -0.4 is 0 Å². The first-order valence-electron chi connectivity index (χ1n) is 34.3. The van der Waals surface area contributed by atoms with Crippen LogP contribution in [-0.4, -0.2) is 13.7 Å². The number of rotatable bonds is 5. The fourth-order valence-electron chi connectivity index (χ4n) is 7.06. The van der Waals surface area contributed by atoms with E-state index in [0.29, 0.717) is 9.13 Å². The first kappa shape index (κ1) is 12.7. The summed E-state index contributed by atoms with van der Waals surface area (Å²) in [5.74, 6) is 0. The molecule has 3 heterocycles.